The molecule has 0 saturated carbocycles. The molecule has 160 valence electrons. The van der Waals surface area contributed by atoms with Crippen molar-refractivity contribution in [2.45, 2.75) is 59.5 Å². The molecule has 1 aromatic carbocycles. The van der Waals surface area contributed by atoms with Crippen molar-refractivity contribution in [3.05, 3.63) is 50.7 Å². The average Bonchev–Trinajstić information content (AvgIpc) is 3.11. The lowest BCUT2D eigenvalue weighted by molar-refractivity contribution is -0.669. The highest BCUT2D eigenvalue weighted by Gasteiger charge is 2.35. The number of rotatable bonds is 6. The summed E-state index contributed by atoms with van der Waals surface area (Å²) in [4.78, 5) is 31.9. The number of benzene rings is 1. The maximum absolute atomic E-state index is 13.4. The fourth-order valence-corrected chi connectivity index (χ4v) is 4.42. The van der Waals surface area contributed by atoms with Crippen LogP contribution in [-0.2, 0) is 20.1 Å². The van der Waals surface area contributed by atoms with Crippen LogP contribution in [-0.4, -0.2) is 20.7 Å². The number of H-pyrrole nitrogens is 1. The van der Waals surface area contributed by atoms with Gasteiger partial charge in [-0.25, -0.2) is 19.2 Å². The average molecular weight is 411 g/mol. The Labute approximate surface area is 176 Å². The Bertz CT molecular complexity index is 1170. The lowest BCUT2D eigenvalue weighted by atomic mass is 10.1. The molecule has 7 heteroatoms. The zero-order valence-corrected chi connectivity index (χ0v) is 18.4. The number of aromatic nitrogens is 4. The smallest absolute Gasteiger partial charge is 0.267 e. The highest BCUT2D eigenvalue weighted by atomic mass is 16.2. The van der Waals surface area contributed by atoms with Crippen molar-refractivity contribution in [1.82, 2.24) is 14.1 Å². The molecule has 0 amide bonds. The van der Waals surface area contributed by atoms with Crippen molar-refractivity contribution < 1.29 is 4.57 Å². The van der Waals surface area contributed by atoms with Gasteiger partial charge in [0.25, 0.3) is 5.56 Å². The summed E-state index contributed by atoms with van der Waals surface area (Å²) >= 11 is 0. The molecule has 1 aliphatic heterocycles. The number of hydrogen-bond acceptors (Lipinski definition) is 3. The van der Waals surface area contributed by atoms with Crippen LogP contribution in [0.3, 0.4) is 0 Å². The molecule has 1 N–H and O–H groups in total. The number of hydrogen-bond donors (Lipinski definition) is 1. The quantitative estimate of drug-likeness (QED) is 0.502. The van der Waals surface area contributed by atoms with Crippen LogP contribution in [0.4, 0.5) is 11.6 Å². The zero-order valence-electron chi connectivity index (χ0n) is 18.4. The minimum Gasteiger partial charge on any atom is -0.267 e. The molecular formula is C23H32N5O2+. The molecular weight excluding hydrogens is 378 g/mol. The van der Waals surface area contributed by atoms with Crippen LogP contribution in [0.1, 0.15) is 45.1 Å². The van der Waals surface area contributed by atoms with Crippen molar-refractivity contribution in [3.63, 3.8) is 0 Å². The number of aryl methyl sites for hydroxylation is 2. The van der Waals surface area contributed by atoms with Crippen molar-refractivity contribution in [2.75, 3.05) is 11.4 Å². The highest BCUT2D eigenvalue weighted by molar-refractivity contribution is 5.70. The van der Waals surface area contributed by atoms with Gasteiger partial charge in [0.15, 0.2) is 0 Å². The number of imidazole rings is 1. The first-order valence-electron chi connectivity index (χ1n) is 11.0. The number of nitrogens with one attached hydrogen (secondary N) is 1. The number of fused-ring (bicyclic) bond motifs is 3. The van der Waals surface area contributed by atoms with Crippen LogP contribution in [0.25, 0.3) is 11.2 Å². The van der Waals surface area contributed by atoms with Crippen molar-refractivity contribution in [2.24, 2.45) is 13.0 Å². The van der Waals surface area contributed by atoms with Crippen LogP contribution in [0.5, 0.6) is 0 Å². The summed E-state index contributed by atoms with van der Waals surface area (Å²) < 4.78 is 5.06. The van der Waals surface area contributed by atoms with E-state index in [1.807, 2.05) is 0 Å². The van der Waals surface area contributed by atoms with Crippen LogP contribution in [0.2, 0.25) is 0 Å². The van der Waals surface area contributed by atoms with E-state index in [1.54, 1.807) is 11.6 Å². The Balaban J connectivity index is 1.86. The van der Waals surface area contributed by atoms with Gasteiger partial charge in [-0.05, 0) is 25.5 Å². The minimum absolute atomic E-state index is 0.190. The van der Waals surface area contributed by atoms with Gasteiger partial charge in [-0.1, -0.05) is 50.8 Å². The lowest BCUT2D eigenvalue weighted by Crippen LogP contribution is -2.52. The zero-order chi connectivity index (χ0) is 21.4. The van der Waals surface area contributed by atoms with E-state index in [0.29, 0.717) is 23.6 Å². The number of unbranched alkanes of at least 4 members (excludes halogenated alkanes) is 3. The molecule has 0 bridgehead atoms. The molecule has 0 unspecified atom stereocenters. The normalized spacial score (nSPS) is 16.3. The molecule has 1 atom stereocenters. The van der Waals surface area contributed by atoms with E-state index in [0.717, 1.165) is 50.4 Å². The van der Waals surface area contributed by atoms with E-state index in [-0.39, 0.29) is 11.2 Å². The molecule has 7 nitrogen and oxygen atoms in total. The largest absolute Gasteiger partial charge is 0.364 e. The Morgan fingerprint density at radius 3 is 2.57 bits per heavy atom. The lowest BCUT2D eigenvalue weighted by Gasteiger charge is -2.26. The first-order chi connectivity index (χ1) is 14.4. The van der Waals surface area contributed by atoms with Crippen LogP contribution >= 0.6 is 0 Å². The van der Waals surface area contributed by atoms with Gasteiger partial charge in [-0.2, -0.15) is 0 Å². The summed E-state index contributed by atoms with van der Waals surface area (Å²) in [5, 5.41) is 0. The fourth-order valence-electron chi connectivity index (χ4n) is 4.42. The third-order valence-corrected chi connectivity index (χ3v) is 6.11. The first-order valence-corrected chi connectivity index (χ1v) is 11.0. The van der Waals surface area contributed by atoms with Crippen LogP contribution in [0, 0.1) is 12.8 Å². The van der Waals surface area contributed by atoms with E-state index >= 15 is 0 Å². The summed E-state index contributed by atoms with van der Waals surface area (Å²) in [6.45, 7) is 8.50. The third-order valence-electron chi connectivity index (χ3n) is 6.11. The standard InChI is InChI=1S/C23H31N5O2/c1-5-6-7-8-13-26-21(29)19-20(25(4)23(26)30)24-22-27(14-17(3)15-28(19)22)18-11-9-16(2)10-12-18/h9-12,17H,5-8,13-15H2,1-4H3/p+1/t17-/m0/s1. The molecule has 3 aromatic rings. The summed E-state index contributed by atoms with van der Waals surface area (Å²) in [7, 11) is 1.74. The monoisotopic (exact) mass is 410 g/mol. The number of aromatic amines is 1. The Morgan fingerprint density at radius 1 is 1.13 bits per heavy atom. The van der Waals surface area contributed by atoms with Crippen molar-refractivity contribution in [3.8, 4) is 0 Å². The van der Waals surface area contributed by atoms with Gasteiger partial charge < -0.3 is 0 Å². The SMILES string of the molecule is CCCCCCn1c(=O)c2c([nH]c3[n+]2C[C@@H](C)CN3c2ccc(C)cc2)n(C)c1=O. The maximum Gasteiger partial charge on any atom is 0.364 e. The predicted molar refractivity (Wildman–Crippen MR) is 119 cm³/mol. The Kier molecular flexibility index (Phi) is 5.54. The van der Waals surface area contributed by atoms with E-state index < -0.39 is 0 Å². The number of nitrogens with zero attached hydrogens (tertiary/aromatic N) is 4. The van der Waals surface area contributed by atoms with Crippen LogP contribution < -0.4 is 20.7 Å². The van der Waals surface area contributed by atoms with Gasteiger partial charge in [-0.3, -0.25) is 13.9 Å². The Morgan fingerprint density at radius 2 is 1.87 bits per heavy atom. The molecule has 2 aromatic heterocycles. The molecule has 0 radical (unpaired) electrons. The molecule has 0 aliphatic carbocycles. The molecule has 3 heterocycles. The Hall–Kier alpha value is -2.83. The molecule has 0 saturated heterocycles. The molecule has 4 rings (SSSR count). The molecule has 0 spiro atoms. The second-order valence-corrected chi connectivity index (χ2v) is 8.67. The molecule has 0 fully saturated rings. The molecule has 30 heavy (non-hydrogen) atoms. The van der Waals surface area contributed by atoms with E-state index in [1.165, 1.54) is 10.1 Å². The third kappa shape index (κ3) is 3.46. The number of anilines is 2. The second kappa shape index (κ2) is 8.13. The van der Waals surface area contributed by atoms with E-state index in [4.69, 9.17) is 0 Å². The topological polar surface area (TPSA) is 66.9 Å². The van der Waals surface area contributed by atoms with Gasteiger partial charge >= 0.3 is 11.6 Å². The van der Waals surface area contributed by atoms with Gasteiger partial charge in [0, 0.05) is 19.5 Å². The van der Waals surface area contributed by atoms with E-state index in [9.17, 15) is 9.59 Å². The molecule has 1 aliphatic rings. The van der Waals surface area contributed by atoms with Crippen LogP contribution in [0.15, 0.2) is 33.9 Å². The maximum atomic E-state index is 13.4. The first kappa shape index (κ1) is 20.4. The predicted octanol–water partition coefficient (Wildman–Crippen LogP) is 2.99. The van der Waals surface area contributed by atoms with Gasteiger partial charge in [0.05, 0.1) is 13.1 Å². The van der Waals surface area contributed by atoms with E-state index in [2.05, 4.69) is 59.5 Å². The van der Waals surface area contributed by atoms with Gasteiger partial charge in [0.2, 0.25) is 11.2 Å². The summed E-state index contributed by atoms with van der Waals surface area (Å²) in [6, 6.07) is 8.41. The van der Waals surface area contributed by atoms with Crippen molar-refractivity contribution >= 4 is 22.8 Å². The summed E-state index contributed by atoms with van der Waals surface area (Å²) in [5.41, 5.74) is 3.03. The minimum atomic E-state index is -0.252. The van der Waals surface area contributed by atoms with Gasteiger partial charge in [-0.15, -0.1) is 0 Å². The highest BCUT2D eigenvalue weighted by Crippen LogP contribution is 2.28. The van der Waals surface area contributed by atoms with Crippen molar-refractivity contribution in [1.29, 1.82) is 0 Å². The summed E-state index contributed by atoms with van der Waals surface area (Å²) in [5.74, 6) is 1.24. The van der Waals surface area contributed by atoms with Gasteiger partial charge in [0.1, 0.15) is 5.69 Å². The second-order valence-electron chi connectivity index (χ2n) is 8.67. The fraction of sp³-hybridized carbons (Fsp3) is 0.522. The summed E-state index contributed by atoms with van der Waals surface area (Å²) in [6.07, 6.45) is 4.12.